The number of aromatic hydroxyl groups is 1. The number of hydrogen-bond acceptors (Lipinski definition) is 4. The topological polar surface area (TPSA) is 55.8 Å². The second-order valence-corrected chi connectivity index (χ2v) is 4.54. The number of ether oxygens (including phenoxy) is 2. The smallest absolute Gasteiger partial charge is 0.347 e. The summed E-state index contributed by atoms with van der Waals surface area (Å²) in [5, 5.41) is 9.30. The van der Waals surface area contributed by atoms with E-state index < -0.39 is 12.1 Å². The Bertz CT molecular complexity index is 564. The summed E-state index contributed by atoms with van der Waals surface area (Å²) in [6, 6.07) is 15.8. The van der Waals surface area contributed by atoms with Crippen molar-refractivity contribution >= 4 is 5.97 Å². The molecule has 0 aliphatic heterocycles. The fraction of sp³-hybridized carbons (Fsp3) is 0.316. The van der Waals surface area contributed by atoms with E-state index in [0.29, 0.717) is 18.8 Å². The van der Waals surface area contributed by atoms with Gasteiger partial charge in [0.05, 0.1) is 6.61 Å². The highest BCUT2D eigenvalue weighted by Gasteiger charge is 2.22. The van der Waals surface area contributed by atoms with Crippen molar-refractivity contribution in [1.82, 2.24) is 0 Å². The quantitative estimate of drug-likeness (QED) is 0.819. The van der Waals surface area contributed by atoms with E-state index >= 15 is 0 Å². The monoisotopic (exact) mass is 316 g/mol. The number of carbonyl (C=O) groups excluding carboxylic acids is 1. The van der Waals surface area contributed by atoms with E-state index in [-0.39, 0.29) is 5.75 Å². The van der Waals surface area contributed by atoms with Crippen LogP contribution in [0.25, 0.3) is 0 Å². The van der Waals surface area contributed by atoms with Gasteiger partial charge in [0.15, 0.2) is 6.10 Å². The first kappa shape index (κ1) is 18.6. The van der Waals surface area contributed by atoms with Crippen LogP contribution in [-0.4, -0.2) is 23.8 Å². The first-order chi connectivity index (χ1) is 11.2. The molecule has 4 heteroatoms. The zero-order valence-electron chi connectivity index (χ0n) is 13.9. The number of carbonyl (C=O) groups is 1. The molecule has 4 nitrogen and oxygen atoms in total. The lowest BCUT2D eigenvalue weighted by molar-refractivity contribution is -0.151. The lowest BCUT2D eigenvalue weighted by Crippen LogP contribution is -2.31. The van der Waals surface area contributed by atoms with Crippen LogP contribution in [0.2, 0.25) is 0 Å². The zero-order valence-corrected chi connectivity index (χ0v) is 13.9. The van der Waals surface area contributed by atoms with E-state index in [2.05, 4.69) is 0 Å². The molecule has 0 spiro atoms. The molecule has 0 aliphatic carbocycles. The Morgan fingerprint density at radius 3 is 2.22 bits per heavy atom. The molecule has 1 N–H and O–H groups in total. The van der Waals surface area contributed by atoms with Gasteiger partial charge in [-0.05, 0) is 36.8 Å². The minimum absolute atomic E-state index is 0.190. The second kappa shape index (κ2) is 10.3. The fourth-order valence-electron chi connectivity index (χ4n) is 1.92. The summed E-state index contributed by atoms with van der Waals surface area (Å²) in [4.78, 5) is 12.0. The number of benzene rings is 2. The van der Waals surface area contributed by atoms with Gasteiger partial charge < -0.3 is 14.6 Å². The first-order valence-corrected chi connectivity index (χ1v) is 7.85. The molecule has 0 fully saturated rings. The number of phenols is 1. The molecule has 0 saturated heterocycles. The highest BCUT2D eigenvalue weighted by molar-refractivity contribution is 5.75. The van der Waals surface area contributed by atoms with Crippen LogP contribution in [-0.2, 0) is 16.0 Å². The summed E-state index contributed by atoms with van der Waals surface area (Å²) in [5.41, 5.74) is 0.891. The van der Waals surface area contributed by atoms with Crippen molar-refractivity contribution in [3.05, 3.63) is 60.2 Å². The Kier molecular flexibility index (Phi) is 8.29. The van der Waals surface area contributed by atoms with Crippen molar-refractivity contribution in [3.63, 3.8) is 0 Å². The van der Waals surface area contributed by atoms with Crippen molar-refractivity contribution in [2.45, 2.75) is 33.3 Å². The maximum Gasteiger partial charge on any atom is 0.347 e. The van der Waals surface area contributed by atoms with Crippen LogP contribution >= 0.6 is 0 Å². The Labute approximate surface area is 137 Å². The van der Waals surface area contributed by atoms with Gasteiger partial charge >= 0.3 is 5.97 Å². The van der Waals surface area contributed by atoms with Crippen LogP contribution in [0, 0.1) is 0 Å². The fourth-order valence-corrected chi connectivity index (χ4v) is 1.92. The minimum atomic E-state index is -0.711. The van der Waals surface area contributed by atoms with Crippen LogP contribution < -0.4 is 4.74 Å². The van der Waals surface area contributed by atoms with Crippen molar-refractivity contribution in [2.75, 3.05) is 6.61 Å². The molecule has 0 unspecified atom stereocenters. The number of phenolic OH excluding ortho intramolecular Hbond substituents is 1. The summed E-state index contributed by atoms with van der Waals surface area (Å²) in [5.74, 6) is 0.416. The van der Waals surface area contributed by atoms with E-state index in [4.69, 9.17) is 9.47 Å². The Morgan fingerprint density at radius 1 is 1.04 bits per heavy atom. The van der Waals surface area contributed by atoms with Gasteiger partial charge in [-0.2, -0.15) is 0 Å². The van der Waals surface area contributed by atoms with E-state index in [0.717, 1.165) is 5.56 Å². The Balaban J connectivity index is 0.00000127. The van der Waals surface area contributed by atoms with E-state index in [9.17, 15) is 9.90 Å². The molecule has 0 aromatic heterocycles. The standard InChI is InChI=1S/C17H18O4.C2H6/c1-2-20-17(19)16(21-15-6-4-3-5-7-15)12-13-8-10-14(18)11-9-13;1-2/h3-11,16,18H,2,12H2,1H3;1-2H3/t16-;/m1./s1. The van der Waals surface area contributed by atoms with Gasteiger partial charge in [-0.1, -0.05) is 44.2 Å². The molecule has 23 heavy (non-hydrogen) atoms. The van der Waals surface area contributed by atoms with Crippen LogP contribution in [0.1, 0.15) is 26.3 Å². The lowest BCUT2D eigenvalue weighted by atomic mass is 10.1. The number of para-hydroxylation sites is 1. The van der Waals surface area contributed by atoms with Crippen molar-refractivity contribution in [2.24, 2.45) is 0 Å². The van der Waals surface area contributed by atoms with Gasteiger partial charge in [0.2, 0.25) is 0 Å². The van der Waals surface area contributed by atoms with E-state index in [1.807, 2.05) is 32.0 Å². The molecule has 2 rings (SSSR count). The number of esters is 1. The number of rotatable bonds is 6. The average molecular weight is 316 g/mol. The molecule has 0 heterocycles. The summed E-state index contributed by atoms with van der Waals surface area (Å²) in [6.07, 6.45) is -0.328. The van der Waals surface area contributed by atoms with Crippen LogP contribution in [0.5, 0.6) is 11.5 Å². The van der Waals surface area contributed by atoms with Crippen molar-refractivity contribution in [1.29, 1.82) is 0 Å². The molecule has 2 aromatic rings. The van der Waals surface area contributed by atoms with Gasteiger partial charge in [-0.15, -0.1) is 0 Å². The van der Waals surface area contributed by atoms with Crippen LogP contribution in [0.4, 0.5) is 0 Å². The first-order valence-electron chi connectivity index (χ1n) is 7.85. The van der Waals surface area contributed by atoms with Gasteiger partial charge in [0.1, 0.15) is 11.5 Å². The average Bonchev–Trinajstić information content (AvgIpc) is 2.59. The maximum absolute atomic E-state index is 12.0. The third-order valence-corrected chi connectivity index (χ3v) is 2.93. The summed E-state index contributed by atoms with van der Waals surface area (Å²) in [6.45, 7) is 6.07. The van der Waals surface area contributed by atoms with Gasteiger partial charge in [0.25, 0.3) is 0 Å². The third-order valence-electron chi connectivity index (χ3n) is 2.93. The molecule has 0 amide bonds. The molecule has 0 bridgehead atoms. The maximum atomic E-state index is 12.0. The summed E-state index contributed by atoms with van der Waals surface area (Å²) >= 11 is 0. The highest BCUT2D eigenvalue weighted by atomic mass is 16.6. The molecule has 1 atom stereocenters. The largest absolute Gasteiger partial charge is 0.508 e. The van der Waals surface area contributed by atoms with E-state index in [1.165, 1.54) is 0 Å². The van der Waals surface area contributed by atoms with Gasteiger partial charge in [-0.3, -0.25) is 0 Å². The SMILES string of the molecule is CC.CCOC(=O)[C@@H](Cc1ccc(O)cc1)Oc1ccccc1. The van der Waals surface area contributed by atoms with Crippen molar-refractivity contribution in [3.8, 4) is 11.5 Å². The normalized spacial score (nSPS) is 10.9. The minimum Gasteiger partial charge on any atom is -0.508 e. The molecule has 0 radical (unpaired) electrons. The Morgan fingerprint density at radius 2 is 1.65 bits per heavy atom. The second-order valence-electron chi connectivity index (χ2n) is 4.54. The lowest BCUT2D eigenvalue weighted by Gasteiger charge is -2.17. The Hall–Kier alpha value is -2.49. The number of hydrogen-bond donors (Lipinski definition) is 1. The van der Waals surface area contributed by atoms with Crippen LogP contribution in [0.3, 0.4) is 0 Å². The van der Waals surface area contributed by atoms with Gasteiger partial charge in [0, 0.05) is 6.42 Å². The summed E-state index contributed by atoms with van der Waals surface area (Å²) < 4.78 is 10.8. The third kappa shape index (κ3) is 6.43. The molecule has 0 saturated carbocycles. The molecule has 124 valence electrons. The zero-order chi connectivity index (χ0) is 17.1. The summed E-state index contributed by atoms with van der Waals surface area (Å²) in [7, 11) is 0. The van der Waals surface area contributed by atoms with Crippen molar-refractivity contribution < 1.29 is 19.4 Å². The molecule has 2 aromatic carbocycles. The predicted octanol–water partition coefficient (Wildman–Crippen LogP) is 3.97. The predicted molar refractivity (Wildman–Crippen MR) is 90.6 cm³/mol. The van der Waals surface area contributed by atoms with Crippen LogP contribution in [0.15, 0.2) is 54.6 Å². The van der Waals surface area contributed by atoms with Gasteiger partial charge in [-0.25, -0.2) is 4.79 Å². The molecule has 0 aliphatic rings. The van der Waals surface area contributed by atoms with E-state index in [1.54, 1.807) is 43.3 Å². The molecular weight excluding hydrogens is 292 g/mol. The highest BCUT2D eigenvalue weighted by Crippen LogP contribution is 2.17. The molecular formula is C19H24O4.